The fraction of sp³-hybridized carbons (Fsp3) is 0.143. The maximum absolute atomic E-state index is 8.94. The summed E-state index contributed by atoms with van der Waals surface area (Å²) in [7, 11) is 0. The van der Waals surface area contributed by atoms with Crippen LogP contribution >= 0.6 is 12.6 Å². The number of aromatic hydroxyl groups is 1. The Morgan fingerprint density at radius 2 is 2.00 bits per heavy atom. The Morgan fingerprint density at radius 3 is 2.44 bits per heavy atom. The molecule has 0 radical (unpaired) electrons. The average Bonchev–Trinajstić information content (AvgIpc) is 1.59. The fourth-order valence-electron chi connectivity index (χ4n) is 0.743. The maximum Gasteiger partial charge on any atom is 0.116 e. The number of thiol groups is 1. The Balaban J connectivity index is 3.17. The molecule has 9 heavy (non-hydrogen) atoms. The molecule has 0 aliphatic heterocycles. The zero-order valence-corrected chi connectivity index (χ0v) is 6.02. The topological polar surface area (TPSA) is 20.2 Å². The van der Waals surface area contributed by atoms with Gasteiger partial charge in [-0.3, -0.25) is 0 Å². The van der Waals surface area contributed by atoms with Crippen molar-refractivity contribution in [1.82, 2.24) is 0 Å². The van der Waals surface area contributed by atoms with Crippen LogP contribution in [0.1, 0.15) is 5.56 Å². The van der Waals surface area contributed by atoms with Crippen LogP contribution in [0.5, 0.6) is 5.75 Å². The van der Waals surface area contributed by atoms with E-state index in [1.165, 1.54) is 0 Å². The number of rotatable bonds is 0. The zero-order chi connectivity index (χ0) is 6.85. The molecule has 0 heterocycles. The van der Waals surface area contributed by atoms with Gasteiger partial charge in [0.25, 0.3) is 0 Å². The zero-order valence-electron chi connectivity index (χ0n) is 5.13. The van der Waals surface area contributed by atoms with Gasteiger partial charge < -0.3 is 5.11 Å². The number of hydrogen-bond acceptors (Lipinski definition) is 2. The third-order valence-electron chi connectivity index (χ3n) is 1.05. The van der Waals surface area contributed by atoms with E-state index in [0.717, 1.165) is 10.5 Å². The Hall–Kier alpha value is -0.630. The van der Waals surface area contributed by atoms with Gasteiger partial charge in [-0.2, -0.15) is 0 Å². The highest BCUT2D eigenvalue weighted by Gasteiger charge is 1.90. The van der Waals surface area contributed by atoms with Crippen molar-refractivity contribution in [2.24, 2.45) is 0 Å². The molecule has 0 saturated heterocycles. The average molecular weight is 140 g/mol. The molecule has 1 aromatic rings. The Morgan fingerprint density at radius 1 is 1.33 bits per heavy atom. The molecule has 1 nitrogen and oxygen atoms in total. The van der Waals surface area contributed by atoms with E-state index in [1.807, 2.05) is 13.0 Å². The van der Waals surface area contributed by atoms with Gasteiger partial charge in [0.1, 0.15) is 5.75 Å². The van der Waals surface area contributed by atoms with Crippen molar-refractivity contribution in [2.75, 3.05) is 0 Å². The van der Waals surface area contributed by atoms with Gasteiger partial charge in [0, 0.05) is 4.90 Å². The molecule has 0 aliphatic rings. The van der Waals surface area contributed by atoms with Crippen molar-refractivity contribution in [3.8, 4) is 5.75 Å². The predicted octanol–water partition coefficient (Wildman–Crippen LogP) is 1.99. The summed E-state index contributed by atoms with van der Waals surface area (Å²) in [6, 6.07) is 5.19. The molecule has 1 rings (SSSR count). The van der Waals surface area contributed by atoms with E-state index >= 15 is 0 Å². The van der Waals surface area contributed by atoms with Crippen LogP contribution < -0.4 is 0 Å². The third-order valence-corrected chi connectivity index (χ3v) is 1.31. The molecule has 0 aliphatic carbocycles. The van der Waals surface area contributed by atoms with Crippen LogP contribution in [0, 0.1) is 6.92 Å². The largest absolute Gasteiger partial charge is 0.508 e. The van der Waals surface area contributed by atoms with Crippen LogP contribution in [0.25, 0.3) is 0 Å². The molecular formula is C7H8OS. The smallest absolute Gasteiger partial charge is 0.116 e. The second-order valence-electron chi connectivity index (χ2n) is 2.03. The van der Waals surface area contributed by atoms with E-state index in [4.69, 9.17) is 5.11 Å². The van der Waals surface area contributed by atoms with Gasteiger partial charge in [0.05, 0.1) is 0 Å². The normalized spacial score (nSPS) is 9.56. The second kappa shape index (κ2) is 2.31. The number of aryl methyl sites for hydroxylation is 1. The Bertz CT molecular complexity index is 170. The highest BCUT2D eigenvalue weighted by atomic mass is 32.1. The molecule has 0 saturated carbocycles. The molecule has 0 fully saturated rings. The van der Waals surface area contributed by atoms with Gasteiger partial charge in [0.15, 0.2) is 0 Å². The van der Waals surface area contributed by atoms with Gasteiger partial charge in [-0.15, -0.1) is 12.6 Å². The summed E-state index contributed by atoms with van der Waals surface area (Å²) in [5.41, 5.74) is 1.03. The Labute approximate surface area is 59.7 Å². The van der Waals surface area contributed by atoms with Crippen molar-refractivity contribution in [2.45, 2.75) is 11.8 Å². The summed E-state index contributed by atoms with van der Waals surface area (Å²) in [6.45, 7) is 1.92. The van der Waals surface area contributed by atoms with Crippen molar-refractivity contribution in [1.29, 1.82) is 0 Å². The molecule has 0 amide bonds. The molecular weight excluding hydrogens is 132 g/mol. The fourth-order valence-corrected chi connectivity index (χ4v) is 1.08. The van der Waals surface area contributed by atoms with E-state index < -0.39 is 0 Å². The van der Waals surface area contributed by atoms with E-state index in [0.29, 0.717) is 0 Å². The standard InChI is InChI=1S/C7H8OS/c1-5-2-6(8)4-7(9)3-5/h2-4,8-9H,1H3. The van der Waals surface area contributed by atoms with Gasteiger partial charge >= 0.3 is 0 Å². The molecule has 0 unspecified atom stereocenters. The minimum absolute atomic E-state index is 0.278. The Kier molecular flexibility index (Phi) is 1.67. The van der Waals surface area contributed by atoms with Crippen molar-refractivity contribution >= 4 is 12.6 Å². The van der Waals surface area contributed by atoms with Gasteiger partial charge in [-0.05, 0) is 30.7 Å². The first-order valence-corrected chi connectivity index (χ1v) is 3.13. The first-order valence-electron chi connectivity index (χ1n) is 2.68. The van der Waals surface area contributed by atoms with Gasteiger partial charge in [-0.25, -0.2) is 0 Å². The first-order chi connectivity index (χ1) is 4.18. The van der Waals surface area contributed by atoms with Crippen LogP contribution in [-0.4, -0.2) is 5.11 Å². The minimum Gasteiger partial charge on any atom is -0.508 e. The summed E-state index contributed by atoms with van der Waals surface area (Å²) in [6.07, 6.45) is 0. The molecule has 1 aromatic carbocycles. The molecule has 2 heteroatoms. The summed E-state index contributed by atoms with van der Waals surface area (Å²) in [5, 5.41) is 8.94. The highest BCUT2D eigenvalue weighted by Crippen LogP contribution is 2.16. The lowest BCUT2D eigenvalue weighted by Crippen LogP contribution is -1.71. The number of phenols is 1. The summed E-state index contributed by atoms with van der Waals surface area (Å²) < 4.78 is 0. The van der Waals surface area contributed by atoms with Gasteiger partial charge in [-0.1, -0.05) is 0 Å². The van der Waals surface area contributed by atoms with E-state index in [1.54, 1.807) is 12.1 Å². The number of phenolic OH excluding ortho intramolecular Hbond substituents is 1. The quantitative estimate of drug-likeness (QED) is 0.528. The van der Waals surface area contributed by atoms with E-state index in [-0.39, 0.29) is 5.75 Å². The lowest BCUT2D eigenvalue weighted by atomic mass is 10.2. The summed E-state index contributed by atoms with van der Waals surface area (Å²) >= 11 is 4.06. The molecule has 48 valence electrons. The first kappa shape index (κ1) is 6.49. The van der Waals surface area contributed by atoms with Crippen molar-refractivity contribution in [3.05, 3.63) is 23.8 Å². The monoisotopic (exact) mass is 140 g/mol. The third kappa shape index (κ3) is 1.64. The van der Waals surface area contributed by atoms with E-state index in [9.17, 15) is 0 Å². The molecule has 0 spiro atoms. The van der Waals surface area contributed by atoms with Crippen molar-refractivity contribution < 1.29 is 5.11 Å². The van der Waals surface area contributed by atoms with Gasteiger partial charge in [0.2, 0.25) is 0 Å². The van der Waals surface area contributed by atoms with Crippen LogP contribution in [-0.2, 0) is 0 Å². The minimum atomic E-state index is 0.278. The SMILES string of the molecule is Cc1cc(O)cc(S)c1. The molecule has 1 N–H and O–H groups in total. The van der Waals surface area contributed by atoms with Crippen LogP contribution in [0.3, 0.4) is 0 Å². The van der Waals surface area contributed by atoms with Crippen molar-refractivity contribution in [3.63, 3.8) is 0 Å². The van der Waals surface area contributed by atoms with Crippen LogP contribution in [0.2, 0.25) is 0 Å². The van der Waals surface area contributed by atoms with E-state index in [2.05, 4.69) is 12.6 Å². The predicted molar refractivity (Wildman–Crippen MR) is 40.1 cm³/mol. The highest BCUT2D eigenvalue weighted by molar-refractivity contribution is 7.80. The van der Waals surface area contributed by atoms with Crippen LogP contribution in [0.15, 0.2) is 23.1 Å². The summed E-state index contributed by atoms with van der Waals surface area (Å²) in [4.78, 5) is 0.799. The number of benzene rings is 1. The summed E-state index contributed by atoms with van der Waals surface area (Å²) in [5.74, 6) is 0.278. The van der Waals surface area contributed by atoms with Crippen LogP contribution in [0.4, 0.5) is 0 Å². The lowest BCUT2D eigenvalue weighted by Gasteiger charge is -1.95. The lowest BCUT2D eigenvalue weighted by molar-refractivity contribution is 0.473. The second-order valence-corrected chi connectivity index (χ2v) is 2.54. The maximum atomic E-state index is 8.94. The molecule has 0 bridgehead atoms. The molecule has 0 atom stereocenters. The molecule has 0 aromatic heterocycles. The number of hydrogen-bond donors (Lipinski definition) is 2.